The number of hydrogen-bond acceptors (Lipinski definition) is 4. The van der Waals surface area contributed by atoms with Crippen LogP contribution in [0.1, 0.15) is 19.8 Å². The minimum Gasteiger partial charge on any atom is -0.455 e. The number of esters is 1. The van der Waals surface area contributed by atoms with Crippen LogP contribution in [0, 0.1) is 11.7 Å². The molecule has 4 nitrogen and oxygen atoms in total. The Morgan fingerprint density at radius 3 is 2.81 bits per heavy atom. The molecule has 21 heavy (non-hydrogen) atoms. The zero-order valence-electron chi connectivity index (χ0n) is 11.8. The summed E-state index contributed by atoms with van der Waals surface area (Å²) >= 11 is 1.05. The summed E-state index contributed by atoms with van der Waals surface area (Å²) in [5, 5.41) is 2.80. The Balaban J connectivity index is 1.65. The monoisotopic (exact) mass is 311 g/mol. The summed E-state index contributed by atoms with van der Waals surface area (Å²) in [6.07, 6.45) is 2.28. The summed E-state index contributed by atoms with van der Waals surface area (Å²) in [5.41, 5.74) is 0. The Morgan fingerprint density at radius 1 is 1.43 bits per heavy atom. The molecule has 6 heteroatoms. The lowest BCUT2D eigenvalue weighted by molar-refractivity contribution is -0.146. The first-order valence-corrected chi connectivity index (χ1v) is 7.87. The van der Waals surface area contributed by atoms with Crippen molar-refractivity contribution in [3.8, 4) is 0 Å². The normalized spacial score (nSPS) is 15.3. The molecular weight excluding hydrogens is 293 g/mol. The molecule has 114 valence electrons. The lowest BCUT2D eigenvalue weighted by Gasteiger charge is -2.12. The van der Waals surface area contributed by atoms with Crippen molar-refractivity contribution in [2.75, 3.05) is 12.4 Å². The summed E-state index contributed by atoms with van der Waals surface area (Å²) < 4.78 is 18.2. The molecule has 1 atom stereocenters. The predicted octanol–water partition coefficient (Wildman–Crippen LogP) is 2.38. The topological polar surface area (TPSA) is 55.4 Å². The molecule has 0 heterocycles. The molecule has 0 bridgehead atoms. The van der Waals surface area contributed by atoms with Crippen LogP contribution in [-0.4, -0.2) is 30.3 Å². The lowest BCUT2D eigenvalue weighted by Crippen LogP contribution is -2.37. The Kier molecular flexibility index (Phi) is 5.61. The quantitative estimate of drug-likeness (QED) is 0.620. The maximum absolute atomic E-state index is 13.3. The molecule has 1 saturated carbocycles. The minimum absolute atomic E-state index is 0.0214. The van der Waals surface area contributed by atoms with Crippen LogP contribution in [0.5, 0.6) is 0 Å². The first-order valence-electron chi connectivity index (χ1n) is 6.88. The molecule has 0 aliphatic heterocycles. The van der Waals surface area contributed by atoms with Gasteiger partial charge in [-0.05, 0) is 37.8 Å². The number of hydrogen-bond donors (Lipinski definition) is 1. The van der Waals surface area contributed by atoms with Gasteiger partial charge in [0.2, 0.25) is 0 Å². The van der Waals surface area contributed by atoms with Crippen molar-refractivity contribution < 1.29 is 18.7 Å². The van der Waals surface area contributed by atoms with Crippen LogP contribution in [0.15, 0.2) is 29.2 Å². The zero-order chi connectivity index (χ0) is 15.2. The van der Waals surface area contributed by atoms with Crippen molar-refractivity contribution in [3.05, 3.63) is 30.1 Å². The summed E-state index contributed by atoms with van der Waals surface area (Å²) in [4.78, 5) is 23.5. The number of halogens is 1. The Bertz CT molecular complexity index is 519. The highest BCUT2D eigenvalue weighted by Crippen LogP contribution is 2.32. The zero-order valence-corrected chi connectivity index (χ0v) is 12.6. The van der Waals surface area contributed by atoms with E-state index in [9.17, 15) is 14.0 Å². The van der Waals surface area contributed by atoms with Gasteiger partial charge in [-0.2, -0.15) is 0 Å². The number of benzene rings is 1. The van der Waals surface area contributed by atoms with E-state index in [0.717, 1.165) is 24.6 Å². The van der Waals surface area contributed by atoms with Crippen molar-refractivity contribution in [1.82, 2.24) is 5.32 Å². The highest BCUT2D eigenvalue weighted by atomic mass is 32.2. The van der Waals surface area contributed by atoms with Crippen molar-refractivity contribution >= 4 is 23.6 Å². The average Bonchev–Trinajstić information content (AvgIpc) is 3.29. The number of rotatable bonds is 7. The van der Waals surface area contributed by atoms with Crippen LogP contribution in [0.3, 0.4) is 0 Å². The van der Waals surface area contributed by atoms with Gasteiger partial charge in [0.05, 0.1) is 5.75 Å². The standard InChI is InChI=1S/C15H18FNO3S/c1-10(11-6-7-11)17-14(18)8-20-15(19)9-21-13-5-3-2-4-12(13)16/h2-5,10-11H,6-9H2,1H3,(H,17,18)/t10-/m1/s1. The smallest absolute Gasteiger partial charge is 0.316 e. The van der Waals surface area contributed by atoms with Crippen molar-refractivity contribution in [1.29, 1.82) is 0 Å². The van der Waals surface area contributed by atoms with Gasteiger partial charge in [0.25, 0.3) is 5.91 Å². The van der Waals surface area contributed by atoms with Crippen molar-refractivity contribution in [2.45, 2.75) is 30.7 Å². The Morgan fingerprint density at radius 2 is 2.14 bits per heavy atom. The molecule has 2 rings (SSSR count). The van der Waals surface area contributed by atoms with Gasteiger partial charge in [-0.25, -0.2) is 4.39 Å². The number of thioether (sulfide) groups is 1. The lowest BCUT2D eigenvalue weighted by atomic mass is 10.2. The number of carbonyl (C=O) groups excluding carboxylic acids is 2. The fourth-order valence-electron chi connectivity index (χ4n) is 1.90. The number of ether oxygens (including phenoxy) is 1. The van der Waals surface area contributed by atoms with Gasteiger partial charge in [0, 0.05) is 10.9 Å². The van der Waals surface area contributed by atoms with E-state index in [4.69, 9.17) is 4.74 Å². The van der Waals surface area contributed by atoms with Gasteiger partial charge < -0.3 is 10.1 Å². The molecule has 1 aliphatic rings. The van der Waals surface area contributed by atoms with Crippen LogP contribution >= 0.6 is 11.8 Å². The fraction of sp³-hybridized carbons (Fsp3) is 0.467. The van der Waals surface area contributed by atoms with E-state index in [2.05, 4.69) is 5.32 Å². The second kappa shape index (κ2) is 7.45. The first-order chi connectivity index (χ1) is 10.1. The van der Waals surface area contributed by atoms with Crippen LogP contribution < -0.4 is 5.32 Å². The van der Waals surface area contributed by atoms with E-state index >= 15 is 0 Å². The van der Waals surface area contributed by atoms with Gasteiger partial charge in [0.15, 0.2) is 6.61 Å². The Labute approximate surface area is 127 Å². The molecule has 0 aromatic heterocycles. The molecule has 1 aromatic rings. The third-order valence-electron chi connectivity index (χ3n) is 3.26. The predicted molar refractivity (Wildman–Crippen MR) is 78.4 cm³/mol. The number of amides is 1. The third kappa shape index (κ3) is 5.38. The van der Waals surface area contributed by atoms with Crippen LogP contribution in [0.4, 0.5) is 4.39 Å². The second-order valence-corrected chi connectivity index (χ2v) is 6.09. The van der Waals surface area contributed by atoms with E-state index in [0.29, 0.717) is 10.8 Å². The van der Waals surface area contributed by atoms with Gasteiger partial charge in [-0.3, -0.25) is 9.59 Å². The minimum atomic E-state index is -0.530. The number of nitrogens with one attached hydrogen (secondary N) is 1. The highest BCUT2D eigenvalue weighted by molar-refractivity contribution is 8.00. The fourth-order valence-corrected chi connectivity index (χ4v) is 2.63. The van der Waals surface area contributed by atoms with Crippen LogP contribution in [-0.2, 0) is 14.3 Å². The van der Waals surface area contributed by atoms with E-state index in [1.54, 1.807) is 18.2 Å². The summed E-state index contributed by atoms with van der Waals surface area (Å²) in [6, 6.07) is 6.34. The maximum atomic E-state index is 13.3. The summed E-state index contributed by atoms with van der Waals surface area (Å²) in [6.45, 7) is 1.67. The SMILES string of the molecule is C[C@@H](NC(=O)COC(=O)CSc1ccccc1F)C1CC1. The molecule has 1 N–H and O–H groups in total. The largest absolute Gasteiger partial charge is 0.455 e. The average molecular weight is 311 g/mol. The molecule has 1 aromatic carbocycles. The molecule has 0 saturated heterocycles. The van der Waals surface area contributed by atoms with E-state index in [1.165, 1.54) is 6.07 Å². The molecule has 1 fully saturated rings. The highest BCUT2D eigenvalue weighted by Gasteiger charge is 2.28. The summed E-state index contributed by atoms with van der Waals surface area (Å²) in [5.74, 6) is -0.657. The van der Waals surface area contributed by atoms with Gasteiger partial charge in [-0.1, -0.05) is 12.1 Å². The molecular formula is C15H18FNO3S. The van der Waals surface area contributed by atoms with Crippen molar-refractivity contribution in [3.63, 3.8) is 0 Å². The van der Waals surface area contributed by atoms with E-state index in [-0.39, 0.29) is 30.1 Å². The second-order valence-electron chi connectivity index (χ2n) is 5.07. The number of carbonyl (C=O) groups is 2. The maximum Gasteiger partial charge on any atom is 0.316 e. The molecule has 0 radical (unpaired) electrons. The summed E-state index contributed by atoms with van der Waals surface area (Å²) in [7, 11) is 0. The van der Waals surface area contributed by atoms with Crippen LogP contribution in [0.2, 0.25) is 0 Å². The molecule has 0 unspecified atom stereocenters. The van der Waals surface area contributed by atoms with E-state index < -0.39 is 5.97 Å². The first kappa shape index (κ1) is 15.8. The molecule has 1 aliphatic carbocycles. The molecule has 1 amide bonds. The van der Waals surface area contributed by atoms with Gasteiger partial charge in [0.1, 0.15) is 5.82 Å². The molecule has 0 spiro atoms. The van der Waals surface area contributed by atoms with Crippen LogP contribution in [0.25, 0.3) is 0 Å². The van der Waals surface area contributed by atoms with Gasteiger partial charge in [-0.15, -0.1) is 11.8 Å². The third-order valence-corrected chi connectivity index (χ3v) is 4.29. The van der Waals surface area contributed by atoms with Crippen molar-refractivity contribution in [2.24, 2.45) is 5.92 Å². The van der Waals surface area contributed by atoms with Gasteiger partial charge >= 0.3 is 5.97 Å². The Hall–Kier alpha value is -1.56. The van der Waals surface area contributed by atoms with E-state index in [1.807, 2.05) is 6.92 Å².